The Hall–Kier alpha value is -2.86. The van der Waals surface area contributed by atoms with Crippen molar-refractivity contribution in [1.82, 2.24) is 5.32 Å². The van der Waals surface area contributed by atoms with E-state index in [2.05, 4.69) is 5.32 Å². The fourth-order valence-electron chi connectivity index (χ4n) is 3.60. The Bertz CT molecular complexity index is 960. The van der Waals surface area contributed by atoms with Gasteiger partial charge in [0, 0.05) is 11.7 Å². The van der Waals surface area contributed by atoms with Gasteiger partial charge in [0.1, 0.15) is 6.04 Å². The molecule has 0 saturated heterocycles. The average molecular weight is 429 g/mol. The molecule has 0 aromatic heterocycles. The molecule has 0 aliphatic carbocycles. The van der Waals surface area contributed by atoms with E-state index in [9.17, 15) is 14.4 Å². The smallest absolute Gasteiger partial charge is 0.329 e. The second kappa shape index (κ2) is 9.30. The highest BCUT2D eigenvalue weighted by Crippen LogP contribution is 2.31. The van der Waals surface area contributed by atoms with Gasteiger partial charge in [0.2, 0.25) is 0 Å². The van der Waals surface area contributed by atoms with Crippen LogP contribution in [0.1, 0.15) is 36.7 Å². The molecule has 2 aromatic rings. The first-order chi connectivity index (χ1) is 14.3. The molecular formula is C23H25ClN2O4. The summed E-state index contributed by atoms with van der Waals surface area (Å²) in [6.45, 7) is 5.15. The maximum atomic E-state index is 12.7. The van der Waals surface area contributed by atoms with Crippen LogP contribution in [0.3, 0.4) is 0 Å². The Balaban J connectivity index is 1.64. The summed E-state index contributed by atoms with van der Waals surface area (Å²) in [4.78, 5) is 39.6. The molecule has 158 valence electrons. The predicted octanol–water partition coefficient (Wildman–Crippen LogP) is 3.62. The number of esters is 1. The monoisotopic (exact) mass is 428 g/mol. The number of fused-ring (bicyclic) bond motifs is 1. The lowest BCUT2D eigenvalue weighted by Gasteiger charge is -2.24. The van der Waals surface area contributed by atoms with Gasteiger partial charge in [-0.1, -0.05) is 55.8 Å². The standard InChI is InChI=1S/C23H25ClN2O4/c1-14(2)21(25-22(28)17-9-5-6-10-18(17)24)23(29)30-13-20(27)26-15(3)12-16-8-4-7-11-19(16)26/h4-11,14-15,21H,12-13H2,1-3H3,(H,25,28)/t15-,21+/m1/s1. The number of anilines is 1. The Kier molecular flexibility index (Phi) is 6.77. The summed E-state index contributed by atoms with van der Waals surface area (Å²) >= 11 is 6.06. The van der Waals surface area contributed by atoms with Crippen LogP contribution < -0.4 is 10.2 Å². The van der Waals surface area contributed by atoms with Crippen molar-refractivity contribution >= 4 is 35.1 Å². The first-order valence-corrected chi connectivity index (χ1v) is 10.3. The topological polar surface area (TPSA) is 75.7 Å². The number of carbonyl (C=O) groups is 3. The molecule has 2 aromatic carbocycles. The van der Waals surface area contributed by atoms with Crippen LogP contribution >= 0.6 is 11.6 Å². The van der Waals surface area contributed by atoms with Crippen molar-refractivity contribution in [3.05, 3.63) is 64.7 Å². The summed E-state index contributed by atoms with van der Waals surface area (Å²) in [6.07, 6.45) is 0.762. The minimum Gasteiger partial charge on any atom is -0.454 e. The van der Waals surface area contributed by atoms with Gasteiger partial charge in [-0.05, 0) is 43.0 Å². The van der Waals surface area contributed by atoms with Crippen molar-refractivity contribution in [2.24, 2.45) is 5.92 Å². The summed E-state index contributed by atoms with van der Waals surface area (Å²) < 4.78 is 5.29. The van der Waals surface area contributed by atoms with E-state index in [0.717, 1.165) is 17.7 Å². The van der Waals surface area contributed by atoms with Crippen molar-refractivity contribution in [1.29, 1.82) is 0 Å². The quantitative estimate of drug-likeness (QED) is 0.713. The van der Waals surface area contributed by atoms with E-state index in [1.54, 1.807) is 43.0 Å². The number of para-hydroxylation sites is 1. The molecule has 0 bridgehead atoms. The maximum absolute atomic E-state index is 12.7. The van der Waals surface area contributed by atoms with Crippen molar-refractivity contribution in [2.75, 3.05) is 11.5 Å². The summed E-state index contributed by atoms with van der Waals surface area (Å²) in [5.74, 6) is -1.64. The van der Waals surface area contributed by atoms with Gasteiger partial charge in [-0.25, -0.2) is 4.79 Å². The maximum Gasteiger partial charge on any atom is 0.329 e. The summed E-state index contributed by atoms with van der Waals surface area (Å²) in [5.41, 5.74) is 2.21. The zero-order valence-electron chi connectivity index (χ0n) is 17.2. The fourth-order valence-corrected chi connectivity index (χ4v) is 3.82. The molecule has 1 aliphatic rings. The summed E-state index contributed by atoms with van der Waals surface area (Å²) in [6, 6.07) is 13.4. The van der Waals surface area contributed by atoms with Gasteiger partial charge in [0.25, 0.3) is 11.8 Å². The number of ether oxygens (including phenoxy) is 1. The number of rotatable bonds is 6. The largest absolute Gasteiger partial charge is 0.454 e. The van der Waals surface area contributed by atoms with Crippen molar-refractivity contribution in [3.8, 4) is 0 Å². The number of nitrogens with zero attached hydrogens (tertiary/aromatic N) is 1. The van der Waals surface area contributed by atoms with Crippen LogP contribution in [-0.4, -0.2) is 36.5 Å². The molecule has 1 aliphatic heterocycles. The van der Waals surface area contributed by atoms with E-state index in [-0.39, 0.29) is 30.0 Å². The van der Waals surface area contributed by atoms with Crippen LogP contribution in [0.15, 0.2) is 48.5 Å². The van der Waals surface area contributed by atoms with Crippen molar-refractivity contribution in [2.45, 2.75) is 39.3 Å². The van der Waals surface area contributed by atoms with Crippen molar-refractivity contribution in [3.63, 3.8) is 0 Å². The zero-order chi connectivity index (χ0) is 21.8. The number of benzene rings is 2. The Labute approximate surface area is 181 Å². The second-order valence-electron chi connectivity index (χ2n) is 7.73. The van der Waals surface area contributed by atoms with Gasteiger partial charge >= 0.3 is 5.97 Å². The predicted molar refractivity (Wildman–Crippen MR) is 116 cm³/mol. The van der Waals surface area contributed by atoms with Crippen LogP contribution in [0, 0.1) is 5.92 Å². The minimum absolute atomic E-state index is 0.00516. The lowest BCUT2D eigenvalue weighted by molar-refractivity contribution is -0.150. The molecular weight excluding hydrogens is 404 g/mol. The average Bonchev–Trinajstić information content (AvgIpc) is 3.05. The van der Waals surface area contributed by atoms with Gasteiger partial charge in [-0.2, -0.15) is 0 Å². The van der Waals surface area contributed by atoms with Gasteiger partial charge < -0.3 is 15.0 Å². The fraction of sp³-hybridized carbons (Fsp3) is 0.348. The lowest BCUT2D eigenvalue weighted by Crippen LogP contribution is -2.47. The van der Waals surface area contributed by atoms with Crippen LogP contribution in [0.2, 0.25) is 5.02 Å². The van der Waals surface area contributed by atoms with Gasteiger partial charge in [0.05, 0.1) is 10.6 Å². The highest BCUT2D eigenvalue weighted by atomic mass is 35.5. The number of hydrogen-bond acceptors (Lipinski definition) is 4. The molecule has 0 unspecified atom stereocenters. The number of hydrogen-bond donors (Lipinski definition) is 1. The normalized spacial score (nSPS) is 16.2. The van der Waals surface area contributed by atoms with E-state index < -0.39 is 17.9 Å². The first-order valence-electron chi connectivity index (χ1n) is 9.91. The minimum atomic E-state index is -0.898. The molecule has 2 atom stereocenters. The Morgan fingerprint density at radius 2 is 1.80 bits per heavy atom. The molecule has 0 radical (unpaired) electrons. The SMILES string of the molecule is CC(C)[C@H](NC(=O)c1ccccc1Cl)C(=O)OCC(=O)N1c2ccccc2C[C@H]1C. The van der Waals surface area contributed by atoms with Gasteiger partial charge in [-0.3, -0.25) is 9.59 Å². The molecule has 0 spiro atoms. The molecule has 0 fully saturated rings. The molecule has 1 N–H and O–H groups in total. The second-order valence-corrected chi connectivity index (χ2v) is 8.14. The lowest BCUT2D eigenvalue weighted by atomic mass is 10.0. The van der Waals surface area contributed by atoms with Crippen LogP contribution in [0.5, 0.6) is 0 Å². The molecule has 7 heteroatoms. The molecule has 30 heavy (non-hydrogen) atoms. The highest BCUT2D eigenvalue weighted by Gasteiger charge is 2.32. The highest BCUT2D eigenvalue weighted by molar-refractivity contribution is 6.33. The number of nitrogens with one attached hydrogen (secondary N) is 1. The van der Waals surface area contributed by atoms with E-state index in [1.807, 2.05) is 31.2 Å². The van der Waals surface area contributed by atoms with E-state index >= 15 is 0 Å². The summed E-state index contributed by atoms with van der Waals surface area (Å²) in [7, 11) is 0. The van der Waals surface area contributed by atoms with Crippen LogP contribution in [0.4, 0.5) is 5.69 Å². The van der Waals surface area contributed by atoms with Gasteiger partial charge in [-0.15, -0.1) is 0 Å². The third-order valence-corrected chi connectivity index (χ3v) is 5.47. The Morgan fingerprint density at radius 3 is 2.50 bits per heavy atom. The molecule has 0 saturated carbocycles. The zero-order valence-corrected chi connectivity index (χ0v) is 18.0. The van der Waals surface area contributed by atoms with Crippen molar-refractivity contribution < 1.29 is 19.1 Å². The molecule has 1 heterocycles. The number of amides is 2. The van der Waals surface area contributed by atoms with Crippen LogP contribution in [-0.2, 0) is 20.7 Å². The third-order valence-electron chi connectivity index (χ3n) is 5.14. The number of halogens is 1. The summed E-state index contributed by atoms with van der Waals surface area (Å²) in [5, 5.41) is 2.96. The van der Waals surface area contributed by atoms with Gasteiger partial charge in [0.15, 0.2) is 6.61 Å². The Morgan fingerprint density at radius 1 is 1.13 bits per heavy atom. The third kappa shape index (κ3) is 4.65. The molecule has 2 amide bonds. The molecule has 6 nitrogen and oxygen atoms in total. The van der Waals surface area contributed by atoms with E-state index in [1.165, 1.54) is 0 Å². The number of carbonyl (C=O) groups excluding carboxylic acids is 3. The van der Waals surface area contributed by atoms with Crippen LogP contribution in [0.25, 0.3) is 0 Å². The molecule has 3 rings (SSSR count). The first kappa shape index (κ1) is 21.8. The van der Waals surface area contributed by atoms with E-state index in [4.69, 9.17) is 16.3 Å². The van der Waals surface area contributed by atoms with E-state index in [0.29, 0.717) is 5.02 Å².